The SMILES string of the molecule is COc1cccc(-n2nnc(C(=O)NC3CCC(C)(C)c4ccccc43)c2C)c1. The van der Waals surface area contributed by atoms with E-state index in [4.69, 9.17) is 4.74 Å². The lowest BCUT2D eigenvalue weighted by Gasteiger charge is -2.37. The van der Waals surface area contributed by atoms with E-state index in [9.17, 15) is 4.79 Å². The van der Waals surface area contributed by atoms with Crippen LogP contribution < -0.4 is 10.1 Å². The van der Waals surface area contributed by atoms with Crippen LogP contribution in [0.4, 0.5) is 0 Å². The van der Waals surface area contributed by atoms with Crippen molar-refractivity contribution in [3.8, 4) is 11.4 Å². The van der Waals surface area contributed by atoms with E-state index in [1.165, 1.54) is 11.1 Å². The Morgan fingerprint density at radius 3 is 2.79 bits per heavy atom. The summed E-state index contributed by atoms with van der Waals surface area (Å²) in [6, 6.07) is 15.9. The van der Waals surface area contributed by atoms with Crippen LogP contribution in [-0.4, -0.2) is 28.0 Å². The summed E-state index contributed by atoms with van der Waals surface area (Å²) in [5.41, 5.74) is 4.44. The van der Waals surface area contributed by atoms with E-state index in [0.29, 0.717) is 11.4 Å². The molecule has 4 rings (SSSR count). The molecule has 0 saturated heterocycles. The van der Waals surface area contributed by atoms with Crippen molar-refractivity contribution in [3.05, 3.63) is 71.0 Å². The number of hydrogen-bond acceptors (Lipinski definition) is 4. The van der Waals surface area contributed by atoms with Crippen LogP contribution in [0, 0.1) is 6.92 Å². The van der Waals surface area contributed by atoms with Gasteiger partial charge in [-0.25, -0.2) is 4.68 Å². The second kappa shape index (κ2) is 7.35. The molecule has 0 bridgehead atoms. The van der Waals surface area contributed by atoms with Gasteiger partial charge in [0.05, 0.1) is 24.5 Å². The smallest absolute Gasteiger partial charge is 0.274 e. The number of ether oxygens (including phenoxy) is 1. The van der Waals surface area contributed by atoms with Gasteiger partial charge in [-0.15, -0.1) is 5.10 Å². The van der Waals surface area contributed by atoms with Gasteiger partial charge in [0.2, 0.25) is 0 Å². The molecule has 6 heteroatoms. The van der Waals surface area contributed by atoms with Gasteiger partial charge in [-0.3, -0.25) is 4.79 Å². The molecule has 0 radical (unpaired) electrons. The number of aromatic nitrogens is 3. The van der Waals surface area contributed by atoms with Gasteiger partial charge in [-0.05, 0) is 48.4 Å². The Bertz CT molecular complexity index is 1050. The molecule has 0 saturated carbocycles. The van der Waals surface area contributed by atoms with E-state index in [1.54, 1.807) is 11.8 Å². The molecule has 1 heterocycles. The monoisotopic (exact) mass is 390 g/mol. The largest absolute Gasteiger partial charge is 0.497 e. The Hall–Kier alpha value is -3.15. The number of nitrogens with one attached hydrogen (secondary N) is 1. The van der Waals surface area contributed by atoms with Crippen LogP contribution in [0.25, 0.3) is 5.69 Å². The number of fused-ring (bicyclic) bond motifs is 1. The maximum Gasteiger partial charge on any atom is 0.274 e. The molecule has 1 amide bonds. The molecule has 29 heavy (non-hydrogen) atoms. The summed E-state index contributed by atoms with van der Waals surface area (Å²) in [6.07, 6.45) is 1.92. The highest BCUT2D eigenvalue weighted by molar-refractivity contribution is 5.93. The first-order valence-electron chi connectivity index (χ1n) is 9.88. The van der Waals surface area contributed by atoms with E-state index in [-0.39, 0.29) is 17.4 Å². The highest BCUT2D eigenvalue weighted by atomic mass is 16.5. The van der Waals surface area contributed by atoms with Gasteiger partial charge in [0.25, 0.3) is 5.91 Å². The van der Waals surface area contributed by atoms with Crippen LogP contribution in [-0.2, 0) is 5.41 Å². The number of amides is 1. The Labute approximate surface area is 170 Å². The quantitative estimate of drug-likeness (QED) is 0.727. The fourth-order valence-corrected chi connectivity index (χ4v) is 4.12. The third-order valence-corrected chi connectivity index (χ3v) is 5.84. The molecule has 2 aromatic carbocycles. The summed E-state index contributed by atoms with van der Waals surface area (Å²) in [5, 5.41) is 11.5. The standard InChI is InChI=1S/C23H26N4O2/c1-15-21(25-26-27(15)16-8-7-9-17(14-16)29-4)22(28)24-20-12-13-23(2,3)19-11-6-5-10-18(19)20/h5-11,14,20H,12-13H2,1-4H3,(H,24,28). The number of carbonyl (C=O) groups is 1. The maximum absolute atomic E-state index is 13.0. The summed E-state index contributed by atoms with van der Waals surface area (Å²) in [4.78, 5) is 13.0. The Balaban J connectivity index is 1.59. The van der Waals surface area contributed by atoms with Gasteiger partial charge in [0, 0.05) is 6.07 Å². The van der Waals surface area contributed by atoms with Gasteiger partial charge in [-0.1, -0.05) is 49.4 Å². The highest BCUT2D eigenvalue weighted by Gasteiger charge is 2.33. The molecule has 150 valence electrons. The summed E-state index contributed by atoms with van der Waals surface area (Å²) in [6.45, 7) is 6.37. The first kappa shape index (κ1) is 19.2. The Morgan fingerprint density at radius 1 is 1.21 bits per heavy atom. The molecule has 1 atom stereocenters. The maximum atomic E-state index is 13.0. The topological polar surface area (TPSA) is 69.0 Å². The summed E-state index contributed by atoms with van der Waals surface area (Å²) >= 11 is 0. The minimum atomic E-state index is -0.198. The molecule has 0 spiro atoms. The molecular formula is C23H26N4O2. The lowest BCUT2D eigenvalue weighted by Crippen LogP contribution is -2.36. The van der Waals surface area contributed by atoms with Crippen molar-refractivity contribution >= 4 is 5.91 Å². The van der Waals surface area contributed by atoms with Crippen LogP contribution in [0.2, 0.25) is 0 Å². The minimum absolute atomic E-state index is 0.0203. The second-order valence-corrected chi connectivity index (χ2v) is 8.17. The molecule has 1 unspecified atom stereocenters. The number of benzene rings is 2. The van der Waals surface area contributed by atoms with Crippen molar-refractivity contribution in [1.29, 1.82) is 0 Å². The minimum Gasteiger partial charge on any atom is -0.497 e. The van der Waals surface area contributed by atoms with Crippen LogP contribution in [0.3, 0.4) is 0 Å². The van der Waals surface area contributed by atoms with E-state index < -0.39 is 0 Å². The molecule has 1 aliphatic carbocycles. The van der Waals surface area contributed by atoms with Gasteiger partial charge in [-0.2, -0.15) is 0 Å². The van der Waals surface area contributed by atoms with Crippen molar-refractivity contribution in [2.45, 2.75) is 45.1 Å². The van der Waals surface area contributed by atoms with Crippen LogP contribution in [0.15, 0.2) is 48.5 Å². The molecule has 1 aliphatic rings. The fourth-order valence-electron chi connectivity index (χ4n) is 4.12. The van der Waals surface area contributed by atoms with Crippen molar-refractivity contribution in [2.24, 2.45) is 0 Å². The number of methoxy groups -OCH3 is 1. The zero-order valence-electron chi connectivity index (χ0n) is 17.3. The predicted octanol–water partition coefficient (Wildman–Crippen LogP) is 4.13. The van der Waals surface area contributed by atoms with Gasteiger partial charge in [0.15, 0.2) is 5.69 Å². The van der Waals surface area contributed by atoms with Crippen molar-refractivity contribution < 1.29 is 9.53 Å². The van der Waals surface area contributed by atoms with Gasteiger partial charge in [0.1, 0.15) is 5.75 Å². The first-order valence-corrected chi connectivity index (χ1v) is 9.88. The van der Waals surface area contributed by atoms with Gasteiger partial charge < -0.3 is 10.1 Å². The predicted molar refractivity (Wildman–Crippen MR) is 112 cm³/mol. The van der Waals surface area contributed by atoms with E-state index >= 15 is 0 Å². The van der Waals surface area contributed by atoms with E-state index in [0.717, 1.165) is 24.3 Å². The third-order valence-electron chi connectivity index (χ3n) is 5.84. The number of rotatable bonds is 4. The number of hydrogen-bond donors (Lipinski definition) is 1. The Morgan fingerprint density at radius 2 is 2.00 bits per heavy atom. The molecule has 0 aliphatic heterocycles. The van der Waals surface area contributed by atoms with Gasteiger partial charge >= 0.3 is 0 Å². The number of nitrogens with zero attached hydrogens (tertiary/aromatic N) is 3. The molecule has 0 fully saturated rings. The lowest BCUT2D eigenvalue weighted by atomic mass is 9.71. The zero-order chi connectivity index (χ0) is 20.6. The van der Waals surface area contributed by atoms with E-state index in [2.05, 4.69) is 47.7 Å². The molecule has 1 N–H and O–H groups in total. The summed E-state index contributed by atoms with van der Waals surface area (Å²) < 4.78 is 6.94. The van der Waals surface area contributed by atoms with Crippen LogP contribution in [0.1, 0.15) is 60.0 Å². The van der Waals surface area contributed by atoms with E-state index in [1.807, 2.05) is 37.3 Å². The van der Waals surface area contributed by atoms with Crippen LogP contribution in [0.5, 0.6) is 5.75 Å². The third kappa shape index (κ3) is 3.50. The number of carbonyl (C=O) groups excluding carboxylic acids is 1. The van der Waals surface area contributed by atoms with Crippen molar-refractivity contribution in [2.75, 3.05) is 7.11 Å². The Kier molecular flexibility index (Phi) is 4.86. The molecule has 6 nitrogen and oxygen atoms in total. The highest BCUT2D eigenvalue weighted by Crippen LogP contribution is 2.41. The summed E-state index contributed by atoms with van der Waals surface area (Å²) in [7, 11) is 1.62. The van der Waals surface area contributed by atoms with Crippen molar-refractivity contribution in [3.63, 3.8) is 0 Å². The normalized spacial score (nSPS) is 17.4. The molecule has 1 aromatic heterocycles. The van der Waals surface area contributed by atoms with Crippen LogP contribution >= 0.6 is 0 Å². The molecule has 3 aromatic rings. The average Bonchev–Trinajstić information content (AvgIpc) is 3.12. The first-order chi connectivity index (χ1) is 13.9. The summed E-state index contributed by atoms with van der Waals surface area (Å²) in [5.74, 6) is 0.529. The fraction of sp³-hybridized carbons (Fsp3) is 0.348. The van der Waals surface area contributed by atoms with Crippen molar-refractivity contribution in [1.82, 2.24) is 20.3 Å². The lowest BCUT2D eigenvalue weighted by molar-refractivity contribution is 0.0923. The zero-order valence-corrected chi connectivity index (χ0v) is 17.3. The average molecular weight is 390 g/mol. The second-order valence-electron chi connectivity index (χ2n) is 8.17. The molecular weight excluding hydrogens is 364 g/mol.